The number of halogens is 1. The minimum Gasteiger partial charge on any atom is -0.322 e. The molecule has 2 heterocycles. The number of nitrogens with zero attached hydrogens (tertiary/aromatic N) is 2. The third-order valence-corrected chi connectivity index (χ3v) is 6.86. The Labute approximate surface area is 176 Å². The molecule has 7 heteroatoms. The van der Waals surface area contributed by atoms with Crippen LogP contribution in [0.4, 0.5) is 5.69 Å². The second-order valence-electron chi connectivity index (χ2n) is 7.25. The van der Waals surface area contributed by atoms with Crippen molar-refractivity contribution in [2.45, 2.75) is 50.6 Å². The Balaban J connectivity index is 1.66. The molecule has 1 aliphatic carbocycles. The Bertz CT molecular complexity index is 876. The molecule has 1 aromatic carbocycles. The normalized spacial score (nSPS) is 20.6. The minimum absolute atomic E-state index is 0.00923. The zero-order valence-corrected chi connectivity index (χ0v) is 17.7. The molecular formula is C21H21BrN2O3S. The number of amides is 3. The van der Waals surface area contributed by atoms with Crippen molar-refractivity contribution >= 4 is 50.7 Å². The Morgan fingerprint density at radius 2 is 1.79 bits per heavy atom. The highest BCUT2D eigenvalue weighted by molar-refractivity contribution is 9.10. The van der Waals surface area contributed by atoms with Gasteiger partial charge in [-0.3, -0.25) is 14.4 Å². The molecule has 2 aromatic rings. The molecule has 0 radical (unpaired) electrons. The molecule has 28 heavy (non-hydrogen) atoms. The average molecular weight is 461 g/mol. The van der Waals surface area contributed by atoms with Gasteiger partial charge in [0, 0.05) is 10.5 Å². The second-order valence-corrected chi connectivity index (χ2v) is 9.11. The van der Waals surface area contributed by atoms with Crippen LogP contribution in [-0.2, 0) is 9.59 Å². The van der Waals surface area contributed by atoms with Crippen molar-refractivity contribution in [1.29, 1.82) is 0 Å². The minimum atomic E-state index is -0.728. The molecule has 5 nitrogen and oxygen atoms in total. The van der Waals surface area contributed by atoms with Gasteiger partial charge in [0.25, 0.3) is 11.8 Å². The van der Waals surface area contributed by atoms with E-state index in [1.807, 2.05) is 11.4 Å². The summed E-state index contributed by atoms with van der Waals surface area (Å²) in [5.41, 5.74) is 0.549. The van der Waals surface area contributed by atoms with Crippen LogP contribution in [0.25, 0.3) is 0 Å². The molecule has 146 valence electrons. The number of hydrogen-bond acceptors (Lipinski definition) is 4. The molecule has 1 aromatic heterocycles. The van der Waals surface area contributed by atoms with Gasteiger partial charge in [-0.1, -0.05) is 41.3 Å². The number of rotatable bonds is 4. The van der Waals surface area contributed by atoms with Crippen molar-refractivity contribution < 1.29 is 14.4 Å². The Morgan fingerprint density at radius 1 is 1.07 bits per heavy atom. The zero-order valence-electron chi connectivity index (χ0n) is 15.3. The molecule has 1 atom stereocenters. The first-order valence-corrected chi connectivity index (χ1v) is 11.2. The van der Waals surface area contributed by atoms with Crippen LogP contribution in [0, 0.1) is 0 Å². The largest absolute Gasteiger partial charge is 0.322 e. The summed E-state index contributed by atoms with van der Waals surface area (Å²) >= 11 is 4.75. The summed E-state index contributed by atoms with van der Waals surface area (Å²) in [6, 6.07) is 10.0. The fourth-order valence-corrected chi connectivity index (χ4v) is 5.07. The number of anilines is 1. The van der Waals surface area contributed by atoms with E-state index in [1.165, 1.54) is 16.2 Å². The lowest BCUT2D eigenvalue weighted by Gasteiger charge is -2.37. The SMILES string of the molecule is O=C1CC(N(C(=O)c2cccs2)C2CCCCC2)C(=O)N1c1ccc(Br)cc1. The van der Waals surface area contributed by atoms with Gasteiger partial charge in [-0.25, -0.2) is 4.90 Å². The maximum atomic E-state index is 13.3. The van der Waals surface area contributed by atoms with E-state index in [9.17, 15) is 14.4 Å². The molecule has 2 fully saturated rings. The van der Waals surface area contributed by atoms with E-state index < -0.39 is 6.04 Å². The lowest BCUT2D eigenvalue weighted by atomic mass is 9.92. The van der Waals surface area contributed by atoms with E-state index >= 15 is 0 Å². The van der Waals surface area contributed by atoms with Crippen LogP contribution in [0.1, 0.15) is 48.2 Å². The Morgan fingerprint density at radius 3 is 2.43 bits per heavy atom. The molecule has 1 saturated heterocycles. The van der Waals surface area contributed by atoms with Gasteiger partial charge in [-0.05, 0) is 48.6 Å². The van der Waals surface area contributed by atoms with Gasteiger partial charge < -0.3 is 4.90 Å². The van der Waals surface area contributed by atoms with Gasteiger partial charge in [0.1, 0.15) is 6.04 Å². The van der Waals surface area contributed by atoms with Crippen LogP contribution in [0.2, 0.25) is 0 Å². The first-order valence-electron chi connectivity index (χ1n) is 9.55. The van der Waals surface area contributed by atoms with E-state index in [0.717, 1.165) is 36.6 Å². The standard InChI is InChI=1S/C21H21BrN2O3S/c22-14-8-10-16(11-9-14)24-19(25)13-17(20(24)26)23(15-5-2-1-3-6-15)21(27)18-7-4-12-28-18/h4,7-12,15,17H,1-3,5-6,13H2. The summed E-state index contributed by atoms with van der Waals surface area (Å²) < 4.78 is 0.878. The predicted octanol–water partition coefficient (Wildman–Crippen LogP) is 4.62. The smallest absolute Gasteiger partial charge is 0.264 e. The number of hydrogen-bond donors (Lipinski definition) is 0. The number of benzene rings is 1. The van der Waals surface area contributed by atoms with Gasteiger partial charge in [0.05, 0.1) is 17.0 Å². The third-order valence-electron chi connectivity index (χ3n) is 5.48. The van der Waals surface area contributed by atoms with Crippen molar-refractivity contribution in [2.75, 3.05) is 4.90 Å². The third kappa shape index (κ3) is 3.65. The van der Waals surface area contributed by atoms with E-state index in [1.54, 1.807) is 35.2 Å². The molecule has 0 bridgehead atoms. The van der Waals surface area contributed by atoms with Crippen molar-refractivity contribution in [1.82, 2.24) is 4.90 Å². The van der Waals surface area contributed by atoms with Gasteiger partial charge in [-0.2, -0.15) is 0 Å². The van der Waals surface area contributed by atoms with E-state index in [4.69, 9.17) is 0 Å². The maximum absolute atomic E-state index is 13.3. The lowest BCUT2D eigenvalue weighted by molar-refractivity contribution is -0.123. The van der Waals surface area contributed by atoms with Crippen LogP contribution >= 0.6 is 27.3 Å². The Kier molecular flexibility index (Phi) is 5.64. The maximum Gasteiger partial charge on any atom is 0.264 e. The van der Waals surface area contributed by atoms with Crippen LogP contribution < -0.4 is 4.90 Å². The zero-order chi connectivity index (χ0) is 19.7. The number of carbonyl (C=O) groups is 3. The van der Waals surface area contributed by atoms with Crippen molar-refractivity contribution in [3.8, 4) is 0 Å². The fraction of sp³-hybridized carbons (Fsp3) is 0.381. The quantitative estimate of drug-likeness (QED) is 0.625. The van der Waals surface area contributed by atoms with Gasteiger partial charge in [0.2, 0.25) is 5.91 Å². The molecule has 2 aliphatic rings. The lowest BCUT2D eigenvalue weighted by Crippen LogP contribution is -2.51. The van der Waals surface area contributed by atoms with Crippen molar-refractivity contribution in [2.24, 2.45) is 0 Å². The van der Waals surface area contributed by atoms with Crippen LogP contribution in [-0.4, -0.2) is 34.7 Å². The van der Waals surface area contributed by atoms with Crippen molar-refractivity contribution in [3.63, 3.8) is 0 Å². The highest BCUT2D eigenvalue weighted by Crippen LogP contribution is 2.33. The van der Waals surface area contributed by atoms with Crippen LogP contribution in [0.3, 0.4) is 0 Å². The summed E-state index contributed by atoms with van der Waals surface area (Å²) in [7, 11) is 0. The molecule has 1 aliphatic heterocycles. The highest BCUT2D eigenvalue weighted by atomic mass is 79.9. The summed E-state index contributed by atoms with van der Waals surface area (Å²) in [6.45, 7) is 0. The van der Waals surface area contributed by atoms with Crippen LogP contribution in [0.15, 0.2) is 46.3 Å². The van der Waals surface area contributed by atoms with Crippen LogP contribution in [0.5, 0.6) is 0 Å². The molecule has 4 rings (SSSR count). The highest BCUT2D eigenvalue weighted by Gasteiger charge is 2.46. The fourth-order valence-electron chi connectivity index (χ4n) is 4.14. The number of imide groups is 1. The number of thiophene rings is 1. The van der Waals surface area contributed by atoms with E-state index in [2.05, 4.69) is 15.9 Å². The van der Waals surface area contributed by atoms with E-state index in [-0.39, 0.29) is 30.2 Å². The number of carbonyl (C=O) groups excluding carboxylic acids is 3. The molecule has 0 spiro atoms. The van der Waals surface area contributed by atoms with Gasteiger partial charge in [-0.15, -0.1) is 11.3 Å². The summed E-state index contributed by atoms with van der Waals surface area (Å²) in [6.07, 6.45) is 5.05. The Hall–Kier alpha value is -1.99. The molecule has 1 unspecified atom stereocenters. The predicted molar refractivity (Wildman–Crippen MR) is 112 cm³/mol. The van der Waals surface area contributed by atoms with Gasteiger partial charge in [0.15, 0.2) is 0 Å². The summed E-state index contributed by atoms with van der Waals surface area (Å²) in [4.78, 5) is 42.8. The topological polar surface area (TPSA) is 57.7 Å². The average Bonchev–Trinajstić information content (AvgIpc) is 3.33. The van der Waals surface area contributed by atoms with Crippen molar-refractivity contribution in [3.05, 3.63) is 51.1 Å². The monoisotopic (exact) mass is 460 g/mol. The summed E-state index contributed by atoms with van der Waals surface area (Å²) in [5.74, 6) is -0.689. The second kappa shape index (κ2) is 8.17. The molecule has 1 saturated carbocycles. The first kappa shape index (κ1) is 19.3. The molecular weight excluding hydrogens is 440 g/mol. The van der Waals surface area contributed by atoms with E-state index in [0.29, 0.717) is 10.6 Å². The molecule has 0 N–H and O–H groups in total. The molecule has 3 amide bonds. The van der Waals surface area contributed by atoms with Gasteiger partial charge >= 0.3 is 0 Å². The summed E-state index contributed by atoms with van der Waals surface area (Å²) in [5, 5.41) is 1.86. The first-order chi connectivity index (χ1) is 13.6.